The van der Waals surface area contributed by atoms with Crippen LogP contribution < -0.4 is 0 Å². The zero-order valence-corrected chi connectivity index (χ0v) is 13.6. The Morgan fingerprint density at radius 2 is 1.95 bits per heavy atom. The minimum atomic E-state index is -0.142. The number of aryl methyl sites for hydroxylation is 1. The van der Waals surface area contributed by atoms with Gasteiger partial charge in [0.15, 0.2) is 0 Å². The quantitative estimate of drug-likeness (QED) is 0.762. The fraction of sp³-hybridized carbons (Fsp3) is 0.444. The van der Waals surface area contributed by atoms with Gasteiger partial charge in [0.2, 0.25) is 0 Å². The van der Waals surface area contributed by atoms with Gasteiger partial charge in [-0.1, -0.05) is 39.0 Å². The minimum absolute atomic E-state index is 0.142. The molecular formula is C18H24N2O2. The molecule has 0 N–H and O–H groups in total. The normalized spacial score (nSPS) is 11.4. The zero-order valence-electron chi connectivity index (χ0n) is 13.6. The van der Waals surface area contributed by atoms with E-state index in [0.717, 1.165) is 17.7 Å². The number of carbonyl (C=O) groups excluding carboxylic acids is 1. The first-order chi connectivity index (χ1) is 10.4. The first-order valence-electron chi connectivity index (χ1n) is 7.69. The highest BCUT2D eigenvalue weighted by molar-refractivity contribution is 5.69. The molecule has 4 heteroatoms. The molecule has 1 aromatic carbocycles. The van der Waals surface area contributed by atoms with Gasteiger partial charge in [-0.05, 0) is 36.0 Å². The van der Waals surface area contributed by atoms with Gasteiger partial charge < -0.3 is 4.74 Å². The molecule has 1 aromatic heterocycles. The van der Waals surface area contributed by atoms with E-state index >= 15 is 0 Å². The summed E-state index contributed by atoms with van der Waals surface area (Å²) in [5, 5.41) is 4.32. The summed E-state index contributed by atoms with van der Waals surface area (Å²) in [7, 11) is 0. The fourth-order valence-electron chi connectivity index (χ4n) is 2.00. The maximum atomic E-state index is 11.7. The van der Waals surface area contributed by atoms with Gasteiger partial charge in [-0.15, -0.1) is 0 Å². The molecule has 4 nitrogen and oxygen atoms in total. The Kier molecular flexibility index (Phi) is 5.36. The largest absolute Gasteiger partial charge is 0.466 e. The van der Waals surface area contributed by atoms with Crippen LogP contribution in [0.15, 0.2) is 42.7 Å². The lowest BCUT2D eigenvalue weighted by molar-refractivity contribution is -0.144. The Hall–Kier alpha value is -2.10. The van der Waals surface area contributed by atoms with Crippen LogP contribution in [0.25, 0.3) is 5.69 Å². The van der Waals surface area contributed by atoms with Crippen LogP contribution in [0.1, 0.15) is 39.2 Å². The van der Waals surface area contributed by atoms with Gasteiger partial charge in [-0.2, -0.15) is 5.10 Å². The van der Waals surface area contributed by atoms with Crippen LogP contribution >= 0.6 is 0 Å². The van der Waals surface area contributed by atoms with E-state index < -0.39 is 0 Å². The molecule has 1 heterocycles. The minimum Gasteiger partial charge on any atom is -0.466 e. The molecule has 0 atom stereocenters. The number of hydrogen-bond donors (Lipinski definition) is 0. The summed E-state index contributed by atoms with van der Waals surface area (Å²) in [6, 6.07) is 9.92. The van der Waals surface area contributed by atoms with Crippen molar-refractivity contribution in [2.45, 2.75) is 40.0 Å². The number of carbonyl (C=O) groups is 1. The van der Waals surface area contributed by atoms with E-state index in [4.69, 9.17) is 4.74 Å². The van der Waals surface area contributed by atoms with Crippen molar-refractivity contribution in [2.75, 3.05) is 6.61 Å². The van der Waals surface area contributed by atoms with Crippen molar-refractivity contribution < 1.29 is 9.53 Å². The van der Waals surface area contributed by atoms with Crippen molar-refractivity contribution >= 4 is 5.97 Å². The smallest absolute Gasteiger partial charge is 0.306 e. The second-order valence-electron chi connectivity index (χ2n) is 6.66. The molecule has 0 aliphatic carbocycles. The van der Waals surface area contributed by atoms with Gasteiger partial charge in [-0.25, -0.2) is 4.68 Å². The van der Waals surface area contributed by atoms with E-state index in [1.807, 2.05) is 41.2 Å². The number of rotatable bonds is 6. The second kappa shape index (κ2) is 7.25. The second-order valence-corrected chi connectivity index (χ2v) is 6.66. The van der Waals surface area contributed by atoms with Crippen molar-refractivity contribution in [1.29, 1.82) is 0 Å². The summed E-state index contributed by atoms with van der Waals surface area (Å²) in [6.45, 7) is 6.90. The van der Waals surface area contributed by atoms with Crippen LogP contribution in [-0.2, 0) is 16.0 Å². The van der Waals surface area contributed by atoms with Crippen molar-refractivity contribution in [1.82, 2.24) is 9.78 Å². The number of hydrogen-bond acceptors (Lipinski definition) is 3. The molecule has 0 amide bonds. The van der Waals surface area contributed by atoms with Crippen LogP contribution in [-0.4, -0.2) is 22.4 Å². The van der Waals surface area contributed by atoms with Gasteiger partial charge >= 0.3 is 5.97 Å². The number of esters is 1. The molecule has 0 aliphatic rings. The lowest BCUT2D eigenvalue weighted by Crippen LogP contribution is -2.13. The van der Waals surface area contributed by atoms with Crippen LogP contribution in [0, 0.1) is 5.41 Å². The van der Waals surface area contributed by atoms with Gasteiger partial charge in [0.25, 0.3) is 0 Å². The molecule has 0 unspecified atom stereocenters. The molecule has 0 saturated carbocycles. The van der Waals surface area contributed by atoms with Crippen LogP contribution in [0.5, 0.6) is 0 Å². The Morgan fingerprint density at radius 3 is 2.64 bits per heavy atom. The Balaban J connectivity index is 1.78. The van der Waals surface area contributed by atoms with E-state index in [2.05, 4.69) is 25.9 Å². The molecule has 2 rings (SSSR count). The van der Waals surface area contributed by atoms with Crippen molar-refractivity contribution in [3.05, 3.63) is 48.3 Å². The first-order valence-corrected chi connectivity index (χ1v) is 7.69. The maximum Gasteiger partial charge on any atom is 0.306 e. The molecule has 2 aromatic rings. The number of aromatic nitrogens is 2. The number of ether oxygens (including phenoxy) is 1. The van der Waals surface area contributed by atoms with Crippen molar-refractivity contribution in [3.63, 3.8) is 0 Å². The van der Waals surface area contributed by atoms with E-state index in [0.29, 0.717) is 19.4 Å². The molecule has 0 spiro atoms. The third kappa shape index (κ3) is 5.35. The van der Waals surface area contributed by atoms with Crippen molar-refractivity contribution in [2.24, 2.45) is 5.41 Å². The fourth-order valence-corrected chi connectivity index (χ4v) is 2.00. The highest BCUT2D eigenvalue weighted by Crippen LogP contribution is 2.18. The Labute approximate surface area is 132 Å². The summed E-state index contributed by atoms with van der Waals surface area (Å²) < 4.78 is 7.08. The highest BCUT2D eigenvalue weighted by Gasteiger charge is 2.12. The molecule has 0 bridgehead atoms. The number of benzene rings is 1. The molecule has 0 fully saturated rings. The highest BCUT2D eigenvalue weighted by atomic mass is 16.5. The lowest BCUT2D eigenvalue weighted by Gasteiger charge is -2.17. The molecule has 0 radical (unpaired) electrons. The Morgan fingerprint density at radius 1 is 1.23 bits per heavy atom. The Bertz CT molecular complexity index is 597. The summed E-state index contributed by atoms with van der Waals surface area (Å²) in [5.74, 6) is -0.142. The SMILES string of the molecule is CC(C)(C)CCOC(=O)CCc1cnn(-c2ccccc2)c1. The third-order valence-electron chi connectivity index (χ3n) is 3.39. The van der Waals surface area contributed by atoms with Crippen LogP contribution in [0.2, 0.25) is 0 Å². The average Bonchev–Trinajstić information content (AvgIpc) is 2.94. The standard InChI is InChI=1S/C18H24N2O2/c1-18(2,3)11-12-22-17(21)10-9-15-13-19-20(14-15)16-7-5-4-6-8-16/h4-8,13-14H,9-12H2,1-3H3. The third-order valence-corrected chi connectivity index (χ3v) is 3.39. The lowest BCUT2D eigenvalue weighted by atomic mass is 9.93. The maximum absolute atomic E-state index is 11.7. The molecular weight excluding hydrogens is 276 g/mol. The van der Waals surface area contributed by atoms with E-state index in [-0.39, 0.29) is 11.4 Å². The summed E-state index contributed by atoms with van der Waals surface area (Å²) in [5.41, 5.74) is 2.25. The predicted octanol–water partition coefficient (Wildman–Crippen LogP) is 3.78. The zero-order chi connectivity index (χ0) is 16.0. The first kappa shape index (κ1) is 16.3. The summed E-state index contributed by atoms with van der Waals surface area (Å²) in [4.78, 5) is 11.7. The van der Waals surface area contributed by atoms with Crippen molar-refractivity contribution in [3.8, 4) is 5.69 Å². The average molecular weight is 300 g/mol. The van der Waals surface area contributed by atoms with Gasteiger partial charge in [0.1, 0.15) is 0 Å². The van der Waals surface area contributed by atoms with Gasteiger partial charge in [0.05, 0.1) is 18.5 Å². The molecule has 22 heavy (non-hydrogen) atoms. The molecule has 0 saturated heterocycles. The van der Waals surface area contributed by atoms with E-state index in [9.17, 15) is 4.79 Å². The van der Waals surface area contributed by atoms with E-state index in [1.165, 1.54) is 0 Å². The van der Waals surface area contributed by atoms with Crippen LogP contribution in [0.4, 0.5) is 0 Å². The van der Waals surface area contributed by atoms with Crippen LogP contribution in [0.3, 0.4) is 0 Å². The predicted molar refractivity (Wildman–Crippen MR) is 86.9 cm³/mol. The summed E-state index contributed by atoms with van der Waals surface area (Å²) >= 11 is 0. The number of nitrogens with zero attached hydrogens (tertiary/aromatic N) is 2. The topological polar surface area (TPSA) is 44.1 Å². The van der Waals surface area contributed by atoms with Gasteiger partial charge in [0, 0.05) is 12.6 Å². The monoisotopic (exact) mass is 300 g/mol. The van der Waals surface area contributed by atoms with Gasteiger partial charge in [-0.3, -0.25) is 4.79 Å². The number of para-hydroxylation sites is 1. The summed E-state index contributed by atoms with van der Waals surface area (Å²) in [6.07, 6.45) is 5.68. The molecule has 118 valence electrons. The molecule has 0 aliphatic heterocycles. The van der Waals surface area contributed by atoms with E-state index in [1.54, 1.807) is 6.20 Å².